The molecule has 2 fully saturated rings. The molecule has 1 N–H and O–H groups in total. The number of sulfonamides is 1. The van der Waals surface area contributed by atoms with E-state index in [1.807, 2.05) is 18.2 Å². The number of hydrogen-bond acceptors (Lipinski definition) is 3. The Morgan fingerprint density at radius 1 is 0.966 bits per heavy atom. The third-order valence-electron chi connectivity index (χ3n) is 6.15. The first-order valence-electron chi connectivity index (χ1n) is 10.5. The first-order valence-corrected chi connectivity index (χ1v) is 11.9. The van der Waals surface area contributed by atoms with Crippen LogP contribution < -0.4 is 5.32 Å². The van der Waals surface area contributed by atoms with Gasteiger partial charge < -0.3 is 5.32 Å². The first kappa shape index (κ1) is 20.1. The van der Waals surface area contributed by atoms with Crippen molar-refractivity contribution in [1.29, 1.82) is 0 Å². The number of amides is 1. The average Bonchev–Trinajstić information content (AvgIpc) is 3.43. The van der Waals surface area contributed by atoms with Crippen LogP contribution in [0.1, 0.15) is 65.9 Å². The quantitative estimate of drug-likeness (QED) is 0.775. The number of nitrogens with zero attached hydrogens (tertiary/aromatic N) is 1. The summed E-state index contributed by atoms with van der Waals surface area (Å²) in [6.45, 7) is 3.27. The van der Waals surface area contributed by atoms with E-state index in [0.717, 1.165) is 12.8 Å². The van der Waals surface area contributed by atoms with Crippen LogP contribution >= 0.6 is 0 Å². The number of rotatable bonds is 5. The van der Waals surface area contributed by atoms with Crippen LogP contribution in [0.4, 0.5) is 5.69 Å². The molecule has 1 saturated heterocycles. The van der Waals surface area contributed by atoms with Gasteiger partial charge in [0.15, 0.2) is 0 Å². The number of carbonyl (C=O) groups is 1. The van der Waals surface area contributed by atoms with E-state index in [0.29, 0.717) is 30.3 Å². The van der Waals surface area contributed by atoms with Gasteiger partial charge in [0.1, 0.15) is 0 Å². The molecule has 0 spiro atoms. The van der Waals surface area contributed by atoms with Gasteiger partial charge in [0, 0.05) is 24.3 Å². The van der Waals surface area contributed by atoms with Gasteiger partial charge in [0.2, 0.25) is 10.0 Å². The van der Waals surface area contributed by atoms with Crippen molar-refractivity contribution in [3.63, 3.8) is 0 Å². The lowest BCUT2D eigenvalue weighted by atomic mass is 9.92. The molecule has 0 unspecified atom stereocenters. The number of benzene rings is 2. The molecule has 1 saturated carbocycles. The van der Waals surface area contributed by atoms with E-state index >= 15 is 0 Å². The van der Waals surface area contributed by atoms with Gasteiger partial charge in [-0.15, -0.1) is 0 Å². The van der Waals surface area contributed by atoms with Crippen LogP contribution in [0.3, 0.4) is 0 Å². The lowest BCUT2D eigenvalue weighted by Gasteiger charge is -2.16. The molecular formula is C23H28N2O3S. The highest BCUT2D eigenvalue weighted by molar-refractivity contribution is 7.89. The number of carbonyl (C=O) groups excluding carboxylic acids is 1. The molecule has 0 aromatic heterocycles. The van der Waals surface area contributed by atoms with Crippen LogP contribution in [-0.4, -0.2) is 31.7 Å². The maximum absolute atomic E-state index is 12.7. The molecule has 1 aliphatic carbocycles. The molecule has 2 aromatic carbocycles. The Kier molecular flexibility index (Phi) is 5.74. The number of hydrogen-bond donors (Lipinski definition) is 1. The summed E-state index contributed by atoms with van der Waals surface area (Å²) in [5.74, 6) is 0.386. The van der Waals surface area contributed by atoms with E-state index < -0.39 is 10.0 Å². The smallest absolute Gasteiger partial charge is 0.255 e. The molecule has 29 heavy (non-hydrogen) atoms. The zero-order valence-electron chi connectivity index (χ0n) is 16.9. The van der Waals surface area contributed by atoms with Gasteiger partial charge in [-0.2, -0.15) is 4.31 Å². The van der Waals surface area contributed by atoms with Crippen LogP contribution in [0.2, 0.25) is 0 Å². The minimum atomic E-state index is -3.44. The number of aryl methyl sites for hydroxylation is 1. The summed E-state index contributed by atoms with van der Waals surface area (Å²) in [5, 5.41) is 2.90. The third-order valence-corrected chi connectivity index (χ3v) is 8.06. The van der Waals surface area contributed by atoms with Crippen molar-refractivity contribution in [2.24, 2.45) is 0 Å². The molecule has 2 aliphatic rings. The predicted octanol–water partition coefficient (Wildman–Crippen LogP) is 4.69. The summed E-state index contributed by atoms with van der Waals surface area (Å²) < 4.78 is 26.8. The Morgan fingerprint density at radius 3 is 2.28 bits per heavy atom. The van der Waals surface area contributed by atoms with Crippen molar-refractivity contribution >= 4 is 21.6 Å². The zero-order chi connectivity index (χ0) is 20.4. The zero-order valence-corrected chi connectivity index (χ0v) is 17.7. The molecule has 0 bridgehead atoms. The van der Waals surface area contributed by atoms with Crippen molar-refractivity contribution in [2.45, 2.75) is 56.3 Å². The summed E-state index contributed by atoms with van der Waals surface area (Å²) in [4.78, 5) is 13.0. The van der Waals surface area contributed by atoms with Crippen molar-refractivity contribution in [3.05, 3.63) is 59.2 Å². The maximum atomic E-state index is 12.7. The fourth-order valence-corrected chi connectivity index (χ4v) is 5.97. The van der Waals surface area contributed by atoms with Crippen LogP contribution in [0.5, 0.6) is 0 Å². The fraction of sp³-hybridized carbons (Fsp3) is 0.435. The second kappa shape index (κ2) is 8.28. The van der Waals surface area contributed by atoms with E-state index in [9.17, 15) is 13.2 Å². The van der Waals surface area contributed by atoms with Gasteiger partial charge in [-0.05, 0) is 86.1 Å². The molecule has 1 amide bonds. The van der Waals surface area contributed by atoms with E-state index in [1.54, 1.807) is 24.3 Å². The second-order valence-electron chi connectivity index (χ2n) is 8.14. The molecule has 1 heterocycles. The van der Waals surface area contributed by atoms with E-state index in [1.165, 1.54) is 41.1 Å². The lowest BCUT2D eigenvalue weighted by molar-refractivity contribution is 0.102. The normalized spacial score (nSPS) is 18.2. The van der Waals surface area contributed by atoms with E-state index in [4.69, 9.17) is 0 Å². The molecule has 0 radical (unpaired) electrons. The Bertz CT molecular complexity index is 987. The standard InChI is InChI=1S/C23H28N2O3S/c1-17-8-9-19(16-22(17)18-6-2-3-7-18)23(26)24-20-10-12-21(13-11-20)29(27,28)25-14-4-5-15-25/h8-13,16,18H,2-7,14-15H2,1H3,(H,24,26). The Balaban J connectivity index is 1.48. The lowest BCUT2D eigenvalue weighted by Crippen LogP contribution is -2.27. The third kappa shape index (κ3) is 4.23. The SMILES string of the molecule is Cc1ccc(C(=O)Nc2ccc(S(=O)(=O)N3CCCC3)cc2)cc1C1CCCC1. The monoisotopic (exact) mass is 412 g/mol. The first-order chi connectivity index (χ1) is 13.9. The van der Waals surface area contributed by atoms with E-state index in [-0.39, 0.29) is 10.8 Å². The van der Waals surface area contributed by atoms with Crippen molar-refractivity contribution in [3.8, 4) is 0 Å². The summed E-state index contributed by atoms with van der Waals surface area (Å²) in [6.07, 6.45) is 6.72. The van der Waals surface area contributed by atoms with Gasteiger partial charge >= 0.3 is 0 Å². The molecule has 154 valence electrons. The van der Waals surface area contributed by atoms with E-state index in [2.05, 4.69) is 12.2 Å². The summed E-state index contributed by atoms with van der Waals surface area (Å²) in [7, 11) is -3.44. The molecule has 5 nitrogen and oxygen atoms in total. The largest absolute Gasteiger partial charge is 0.322 e. The Hall–Kier alpha value is -2.18. The highest BCUT2D eigenvalue weighted by Gasteiger charge is 2.27. The Morgan fingerprint density at radius 2 is 1.62 bits per heavy atom. The summed E-state index contributed by atoms with van der Waals surface area (Å²) in [6, 6.07) is 12.4. The highest BCUT2D eigenvalue weighted by Crippen LogP contribution is 2.36. The Labute approximate surface area is 173 Å². The summed E-state index contributed by atoms with van der Waals surface area (Å²) in [5.41, 5.74) is 3.76. The molecule has 6 heteroatoms. The minimum Gasteiger partial charge on any atom is -0.322 e. The van der Waals surface area contributed by atoms with Crippen LogP contribution in [-0.2, 0) is 10.0 Å². The topological polar surface area (TPSA) is 66.5 Å². The van der Waals surface area contributed by atoms with Crippen molar-refractivity contribution in [2.75, 3.05) is 18.4 Å². The minimum absolute atomic E-state index is 0.167. The molecular weight excluding hydrogens is 384 g/mol. The van der Waals surface area contributed by atoms with Gasteiger partial charge in [-0.25, -0.2) is 8.42 Å². The predicted molar refractivity (Wildman–Crippen MR) is 115 cm³/mol. The van der Waals surface area contributed by atoms with Crippen LogP contribution in [0.25, 0.3) is 0 Å². The number of anilines is 1. The van der Waals surface area contributed by atoms with Gasteiger partial charge in [0.05, 0.1) is 4.90 Å². The number of nitrogens with one attached hydrogen (secondary N) is 1. The average molecular weight is 413 g/mol. The fourth-order valence-electron chi connectivity index (χ4n) is 4.45. The van der Waals surface area contributed by atoms with Crippen molar-refractivity contribution < 1.29 is 13.2 Å². The van der Waals surface area contributed by atoms with Gasteiger partial charge in [-0.3, -0.25) is 4.79 Å². The highest BCUT2D eigenvalue weighted by atomic mass is 32.2. The molecule has 4 rings (SSSR count). The maximum Gasteiger partial charge on any atom is 0.255 e. The molecule has 1 aliphatic heterocycles. The van der Waals surface area contributed by atoms with Crippen LogP contribution in [0.15, 0.2) is 47.4 Å². The van der Waals surface area contributed by atoms with Crippen molar-refractivity contribution in [1.82, 2.24) is 4.31 Å². The van der Waals surface area contributed by atoms with Gasteiger partial charge in [-0.1, -0.05) is 18.9 Å². The molecule has 0 atom stereocenters. The summed E-state index contributed by atoms with van der Waals surface area (Å²) >= 11 is 0. The van der Waals surface area contributed by atoms with Gasteiger partial charge in [0.25, 0.3) is 5.91 Å². The van der Waals surface area contributed by atoms with Crippen LogP contribution in [0, 0.1) is 6.92 Å². The second-order valence-corrected chi connectivity index (χ2v) is 10.1. The molecule has 2 aromatic rings.